The Balaban J connectivity index is 1.80. The van der Waals surface area contributed by atoms with Gasteiger partial charge in [0.2, 0.25) is 5.88 Å². The minimum Gasteiger partial charge on any atom is -0.493 e. The van der Waals surface area contributed by atoms with Crippen molar-refractivity contribution in [2.75, 3.05) is 6.61 Å². The molecule has 0 radical (unpaired) electrons. The number of aromatic nitrogens is 1. The van der Waals surface area contributed by atoms with Gasteiger partial charge in [-0.15, -0.1) is 16.8 Å². The zero-order chi connectivity index (χ0) is 18.5. The van der Waals surface area contributed by atoms with Crippen molar-refractivity contribution >= 4 is 22.5 Å². The molecule has 1 heterocycles. The molecule has 6 nitrogen and oxygen atoms in total. The summed E-state index contributed by atoms with van der Waals surface area (Å²) in [6, 6.07) is 13.0. The van der Waals surface area contributed by atoms with Gasteiger partial charge in [-0.2, -0.15) is 0 Å². The van der Waals surface area contributed by atoms with E-state index in [1.165, 1.54) is 18.2 Å². The highest BCUT2D eigenvalue weighted by Crippen LogP contribution is 2.38. The number of hydrogen-bond donors (Lipinski definition) is 1. The van der Waals surface area contributed by atoms with Crippen molar-refractivity contribution < 1.29 is 19.0 Å². The molecule has 1 aromatic heterocycles. The number of rotatable bonds is 6. The van der Waals surface area contributed by atoms with Crippen LogP contribution >= 0.6 is 0 Å². The number of allylic oxidation sites excluding steroid dienone is 1. The Hall–Kier alpha value is -3.48. The minimum absolute atomic E-state index is 0.0403. The highest BCUT2D eigenvalue weighted by Gasteiger charge is 2.16. The fourth-order valence-electron chi connectivity index (χ4n) is 2.52. The van der Waals surface area contributed by atoms with Crippen LogP contribution in [0.25, 0.3) is 10.9 Å². The molecule has 3 aromatic rings. The number of amides is 1. The fourth-order valence-corrected chi connectivity index (χ4v) is 2.52. The van der Waals surface area contributed by atoms with Crippen LogP contribution in [0.5, 0.6) is 11.6 Å². The van der Waals surface area contributed by atoms with Crippen molar-refractivity contribution in [2.45, 2.75) is 6.54 Å². The van der Waals surface area contributed by atoms with Gasteiger partial charge in [0.15, 0.2) is 23.9 Å². The van der Waals surface area contributed by atoms with Crippen molar-refractivity contribution in [1.82, 2.24) is 4.57 Å². The lowest BCUT2D eigenvalue weighted by Gasteiger charge is -2.03. The van der Waals surface area contributed by atoms with Crippen LogP contribution in [0.1, 0.15) is 0 Å². The summed E-state index contributed by atoms with van der Waals surface area (Å²) in [5.41, 5.74) is 0.926. The Morgan fingerprint density at radius 3 is 2.73 bits per heavy atom. The average molecular weight is 353 g/mol. The predicted octanol–water partition coefficient (Wildman–Crippen LogP) is 4.36. The first kappa shape index (κ1) is 17.3. The molecular formula is C19H16FN3O3. The van der Waals surface area contributed by atoms with Gasteiger partial charge in [0.25, 0.3) is 0 Å². The number of fused-ring (bicyclic) bond motifs is 1. The molecular weight excluding hydrogens is 337 g/mol. The molecule has 0 bridgehead atoms. The number of carbonyl (C=O) groups is 1. The summed E-state index contributed by atoms with van der Waals surface area (Å²) >= 11 is 0. The van der Waals surface area contributed by atoms with E-state index in [0.717, 1.165) is 5.52 Å². The van der Waals surface area contributed by atoms with E-state index in [9.17, 15) is 14.3 Å². The molecule has 0 saturated carbocycles. The summed E-state index contributed by atoms with van der Waals surface area (Å²) in [4.78, 5) is 11.9. The monoisotopic (exact) mass is 353 g/mol. The van der Waals surface area contributed by atoms with Crippen molar-refractivity contribution in [3.8, 4) is 11.6 Å². The number of carbonyl (C=O) groups excluding carboxylic acids is 1. The van der Waals surface area contributed by atoms with E-state index < -0.39 is 18.3 Å². The summed E-state index contributed by atoms with van der Waals surface area (Å²) in [5.74, 6) is -1.42. The van der Waals surface area contributed by atoms with Crippen LogP contribution < -0.4 is 4.74 Å². The fraction of sp³-hybridized carbons (Fsp3) is 0.105. The van der Waals surface area contributed by atoms with Crippen LogP contribution in [0, 0.1) is 5.82 Å². The number of halogens is 1. The lowest BCUT2D eigenvalue weighted by molar-refractivity contribution is -0.120. The largest absolute Gasteiger partial charge is 0.493 e. The van der Waals surface area contributed by atoms with E-state index in [-0.39, 0.29) is 17.3 Å². The number of hydrogen-bond acceptors (Lipinski definition) is 4. The molecule has 132 valence electrons. The molecule has 0 aliphatic carbocycles. The molecule has 26 heavy (non-hydrogen) atoms. The minimum atomic E-state index is -0.701. The van der Waals surface area contributed by atoms with Gasteiger partial charge in [-0.05, 0) is 18.2 Å². The lowest BCUT2D eigenvalue weighted by Crippen LogP contribution is -2.08. The van der Waals surface area contributed by atoms with E-state index >= 15 is 0 Å². The van der Waals surface area contributed by atoms with Crippen molar-refractivity contribution in [1.29, 1.82) is 0 Å². The van der Waals surface area contributed by atoms with Gasteiger partial charge in [0.1, 0.15) is 0 Å². The molecule has 0 saturated heterocycles. The molecule has 0 unspecified atom stereocenters. The van der Waals surface area contributed by atoms with Crippen LogP contribution in [0.3, 0.4) is 0 Å². The Morgan fingerprint density at radius 1 is 1.23 bits per heavy atom. The van der Waals surface area contributed by atoms with Crippen LogP contribution in [-0.4, -0.2) is 22.2 Å². The molecule has 0 aliphatic heterocycles. The highest BCUT2D eigenvalue weighted by molar-refractivity contribution is 5.95. The van der Waals surface area contributed by atoms with E-state index in [1.54, 1.807) is 28.8 Å². The molecule has 7 heteroatoms. The number of benzene rings is 2. The van der Waals surface area contributed by atoms with Gasteiger partial charge in [-0.1, -0.05) is 36.4 Å². The number of para-hydroxylation sites is 2. The van der Waals surface area contributed by atoms with Crippen LogP contribution in [0.4, 0.5) is 10.1 Å². The van der Waals surface area contributed by atoms with Crippen LogP contribution in [-0.2, 0) is 11.3 Å². The Bertz CT molecular complexity index is 995. The Labute approximate surface area is 148 Å². The number of nitrogens with zero attached hydrogens (tertiary/aromatic N) is 3. The maximum Gasteiger partial charge on any atom is 0.302 e. The molecule has 3 rings (SSSR count). The molecule has 0 aliphatic rings. The second kappa shape index (κ2) is 7.60. The molecule has 0 spiro atoms. The van der Waals surface area contributed by atoms with Gasteiger partial charge < -0.3 is 14.4 Å². The first-order valence-corrected chi connectivity index (χ1v) is 7.84. The van der Waals surface area contributed by atoms with Crippen molar-refractivity contribution in [3.05, 3.63) is 67.0 Å². The van der Waals surface area contributed by atoms with E-state index in [1.807, 2.05) is 12.1 Å². The highest BCUT2D eigenvalue weighted by atomic mass is 19.1. The summed E-state index contributed by atoms with van der Waals surface area (Å²) < 4.78 is 20.2. The summed E-state index contributed by atoms with van der Waals surface area (Å²) in [6.45, 7) is 3.58. The van der Waals surface area contributed by atoms with Gasteiger partial charge in [-0.25, -0.2) is 4.39 Å². The first-order valence-electron chi connectivity index (χ1n) is 7.84. The molecule has 2 aromatic carbocycles. The SMILES string of the molecule is C=CCn1c(O)c(N=NC(=O)COc2ccccc2F)c2ccccc21. The zero-order valence-corrected chi connectivity index (χ0v) is 13.8. The molecule has 1 amide bonds. The predicted molar refractivity (Wildman–Crippen MR) is 95.2 cm³/mol. The van der Waals surface area contributed by atoms with Crippen molar-refractivity contribution in [3.63, 3.8) is 0 Å². The van der Waals surface area contributed by atoms with Gasteiger partial charge in [-0.3, -0.25) is 4.79 Å². The normalized spacial score (nSPS) is 11.1. The van der Waals surface area contributed by atoms with E-state index in [2.05, 4.69) is 16.8 Å². The summed E-state index contributed by atoms with van der Waals surface area (Å²) in [6.07, 6.45) is 1.64. The van der Waals surface area contributed by atoms with Gasteiger partial charge in [0.05, 0.1) is 5.52 Å². The second-order valence-electron chi connectivity index (χ2n) is 5.40. The van der Waals surface area contributed by atoms with Crippen molar-refractivity contribution in [2.24, 2.45) is 10.2 Å². The maximum atomic E-state index is 13.5. The number of ether oxygens (including phenoxy) is 1. The summed E-state index contributed by atoms with van der Waals surface area (Å²) in [7, 11) is 0. The standard InChI is InChI=1S/C19H16FN3O3/c1-2-11-23-15-9-5-3-7-13(15)18(19(23)25)22-21-17(24)12-26-16-10-6-4-8-14(16)20/h2-10,25H,1,11-12H2. The Kier molecular flexibility index (Phi) is 5.07. The smallest absolute Gasteiger partial charge is 0.302 e. The molecule has 0 fully saturated rings. The quantitative estimate of drug-likeness (QED) is 0.528. The van der Waals surface area contributed by atoms with Gasteiger partial charge in [0, 0.05) is 11.9 Å². The third kappa shape index (κ3) is 3.46. The van der Waals surface area contributed by atoms with Gasteiger partial charge >= 0.3 is 5.91 Å². The second-order valence-corrected chi connectivity index (χ2v) is 5.40. The number of azo groups is 1. The average Bonchev–Trinajstić information content (AvgIpc) is 2.91. The Morgan fingerprint density at radius 2 is 1.96 bits per heavy atom. The van der Waals surface area contributed by atoms with E-state index in [4.69, 9.17) is 4.74 Å². The molecule has 0 atom stereocenters. The van der Waals surface area contributed by atoms with Crippen LogP contribution in [0.2, 0.25) is 0 Å². The maximum absolute atomic E-state index is 13.5. The summed E-state index contributed by atoms with van der Waals surface area (Å²) in [5, 5.41) is 18.5. The number of aromatic hydroxyl groups is 1. The van der Waals surface area contributed by atoms with E-state index in [0.29, 0.717) is 11.9 Å². The third-order valence-electron chi connectivity index (χ3n) is 3.68. The topological polar surface area (TPSA) is 76.2 Å². The first-order chi connectivity index (χ1) is 12.6. The zero-order valence-electron chi connectivity index (χ0n) is 13.8. The third-order valence-corrected chi connectivity index (χ3v) is 3.68. The molecule has 1 N–H and O–H groups in total. The van der Waals surface area contributed by atoms with Crippen LogP contribution in [0.15, 0.2) is 71.4 Å². The lowest BCUT2D eigenvalue weighted by atomic mass is 10.2.